The van der Waals surface area contributed by atoms with Gasteiger partial charge in [-0.25, -0.2) is 0 Å². The average Bonchev–Trinajstić information content (AvgIpc) is 1.87. The Labute approximate surface area is 62.9 Å². The zero-order chi connectivity index (χ0) is 7.98. The lowest BCUT2D eigenvalue weighted by Crippen LogP contribution is -2.26. The van der Waals surface area contributed by atoms with Crippen molar-refractivity contribution in [3.63, 3.8) is 0 Å². The van der Waals surface area contributed by atoms with Gasteiger partial charge in [0, 0.05) is 6.04 Å². The molecule has 2 N–H and O–H groups in total. The Morgan fingerprint density at radius 2 is 2.20 bits per heavy atom. The molecule has 0 saturated carbocycles. The van der Waals surface area contributed by atoms with Crippen molar-refractivity contribution in [3.8, 4) is 0 Å². The lowest BCUT2D eigenvalue weighted by atomic mass is 10.2. The largest absolute Gasteiger partial charge is 0.393 e. The predicted octanol–water partition coefficient (Wildman–Crippen LogP) is 0.921. The molecule has 10 heavy (non-hydrogen) atoms. The summed E-state index contributed by atoms with van der Waals surface area (Å²) in [5, 5.41) is 12.1. The zero-order valence-corrected chi connectivity index (χ0v) is 6.80. The quantitative estimate of drug-likeness (QED) is 0.561. The van der Waals surface area contributed by atoms with Gasteiger partial charge in [0.25, 0.3) is 0 Å². The first-order chi connectivity index (χ1) is 4.66. The van der Waals surface area contributed by atoms with E-state index in [4.69, 9.17) is 5.11 Å². The van der Waals surface area contributed by atoms with E-state index in [-0.39, 0.29) is 6.10 Å². The molecule has 0 aliphatic heterocycles. The van der Waals surface area contributed by atoms with Crippen LogP contribution in [0.25, 0.3) is 0 Å². The van der Waals surface area contributed by atoms with Gasteiger partial charge in [-0.15, -0.1) is 6.58 Å². The molecule has 0 rings (SSSR count). The molecule has 0 saturated heterocycles. The van der Waals surface area contributed by atoms with Gasteiger partial charge in [0.15, 0.2) is 0 Å². The number of hydrogen-bond donors (Lipinski definition) is 2. The molecule has 2 nitrogen and oxygen atoms in total. The van der Waals surface area contributed by atoms with Crippen LogP contribution in [0.4, 0.5) is 0 Å². The number of nitrogens with one attached hydrogen (secondary N) is 1. The highest BCUT2D eigenvalue weighted by atomic mass is 16.3. The number of aliphatic hydroxyl groups is 1. The Morgan fingerprint density at radius 3 is 2.60 bits per heavy atom. The third-order valence-corrected chi connectivity index (χ3v) is 1.38. The van der Waals surface area contributed by atoms with Gasteiger partial charge in [0.1, 0.15) is 0 Å². The van der Waals surface area contributed by atoms with Crippen molar-refractivity contribution in [3.05, 3.63) is 12.7 Å². The number of hydrogen-bond acceptors (Lipinski definition) is 2. The van der Waals surface area contributed by atoms with Crippen LogP contribution in [0.15, 0.2) is 12.7 Å². The lowest BCUT2D eigenvalue weighted by Gasteiger charge is -2.09. The molecule has 0 radical (unpaired) electrons. The van der Waals surface area contributed by atoms with Crippen molar-refractivity contribution < 1.29 is 5.11 Å². The minimum Gasteiger partial charge on any atom is -0.393 e. The maximum atomic E-state index is 8.87. The van der Waals surface area contributed by atoms with Crippen LogP contribution in [0, 0.1) is 0 Å². The Kier molecular flexibility index (Phi) is 5.26. The van der Waals surface area contributed by atoms with Crippen LogP contribution in [-0.2, 0) is 0 Å². The third-order valence-electron chi connectivity index (χ3n) is 1.38. The van der Waals surface area contributed by atoms with E-state index in [1.54, 1.807) is 6.92 Å². The van der Waals surface area contributed by atoms with Crippen LogP contribution in [0.5, 0.6) is 0 Å². The van der Waals surface area contributed by atoms with Crippen LogP contribution in [0.3, 0.4) is 0 Å². The van der Waals surface area contributed by atoms with E-state index in [1.807, 2.05) is 13.0 Å². The summed E-state index contributed by atoms with van der Waals surface area (Å²) in [6.07, 6.45) is 2.45. The summed E-state index contributed by atoms with van der Waals surface area (Å²) in [6.45, 7) is 8.31. The third kappa shape index (κ3) is 5.79. The smallest absolute Gasteiger partial charge is 0.0524 e. The number of rotatable bonds is 5. The highest BCUT2D eigenvalue weighted by Gasteiger charge is 1.96. The summed E-state index contributed by atoms with van der Waals surface area (Å²) in [5.41, 5.74) is 0. The molecular weight excluding hydrogens is 126 g/mol. The van der Waals surface area contributed by atoms with Crippen LogP contribution >= 0.6 is 0 Å². The van der Waals surface area contributed by atoms with E-state index in [0.29, 0.717) is 6.04 Å². The highest BCUT2D eigenvalue weighted by Crippen LogP contribution is 1.88. The molecular formula is C8H17NO. The molecule has 0 aromatic carbocycles. The van der Waals surface area contributed by atoms with E-state index >= 15 is 0 Å². The van der Waals surface area contributed by atoms with Gasteiger partial charge in [-0.1, -0.05) is 6.08 Å². The summed E-state index contributed by atoms with van der Waals surface area (Å²) in [5.74, 6) is 0. The fourth-order valence-electron chi connectivity index (χ4n) is 0.603. The van der Waals surface area contributed by atoms with Crippen LogP contribution < -0.4 is 5.32 Å². The van der Waals surface area contributed by atoms with Gasteiger partial charge < -0.3 is 10.4 Å². The van der Waals surface area contributed by atoms with E-state index < -0.39 is 0 Å². The molecule has 0 spiro atoms. The maximum absolute atomic E-state index is 8.87. The van der Waals surface area contributed by atoms with E-state index in [1.165, 1.54) is 0 Å². The van der Waals surface area contributed by atoms with Gasteiger partial charge in [0.2, 0.25) is 0 Å². The van der Waals surface area contributed by atoms with Gasteiger partial charge in [0.05, 0.1) is 6.10 Å². The van der Waals surface area contributed by atoms with Crippen molar-refractivity contribution in [1.82, 2.24) is 5.32 Å². The molecule has 0 amide bonds. The zero-order valence-electron chi connectivity index (χ0n) is 6.80. The predicted molar refractivity (Wildman–Crippen MR) is 44.0 cm³/mol. The first kappa shape index (κ1) is 9.66. The Hall–Kier alpha value is -0.340. The van der Waals surface area contributed by atoms with Crippen molar-refractivity contribution in [1.29, 1.82) is 0 Å². The summed E-state index contributed by atoms with van der Waals surface area (Å²) < 4.78 is 0. The highest BCUT2D eigenvalue weighted by molar-refractivity contribution is 4.80. The normalized spacial score (nSPS) is 16.3. The average molecular weight is 143 g/mol. The van der Waals surface area contributed by atoms with E-state index in [9.17, 15) is 0 Å². The first-order valence-corrected chi connectivity index (χ1v) is 3.70. The lowest BCUT2D eigenvalue weighted by molar-refractivity contribution is 0.183. The molecule has 0 aromatic heterocycles. The molecule has 2 unspecified atom stereocenters. The standard InChI is InChI=1S/C8H17NO/c1-4-7(2)9-6-5-8(3)10/h4,7-10H,1,5-6H2,2-3H3. The molecule has 2 atom stereocenters. The second-order valence-corrected chi connectivity index (χ2v) is 2.62. The van der Waals surface area contributed by atoms with Crippen molar-refractivity contribution in [2.45, 2.75) is 32.4 Å². The summed E-state index contributed by atoms with van der Waals surface area (Å²) in [7, 11) is 0. The van der Waals surface area contributed by atoms with E-state index in [0.717, 1.165) is 13.0 Å². The van der Waals surface area contributed by atoms with Crippen LogP contribution in [0.2, 0.25) is 0 Å². The molecule has 2 heteroatoms. The van der Waals surface area contributed by atoms with E-state index in [2.05, 4.69) is 11.9 Å². The minimum absolute atomic E-state index is 0.204. The van der Waals surface area contributed by atoms with Crippen LogP contribution in [-0.4, -0.2) is 23.8 Å². The minimum atomic E-state index is -0.204. The molecule has 0 aromatic rings. The van der Waals surface area contributed by atoms with Crippen LogP contribution in [0.1, 0.15) is 20.3 Å². The fourth-order valence-corrected chi connectivity index (χ4v) is 0.603. The Bertz CT molecular complexity index is 91.3. The molecule has 0 aliphatic carbocycles. The second kappa shape index (κ2) is 5.45. The number of aliphatic hydroxyl groups excluding tert-OH is 1. The van der Waals surface area contributed by atoms with Crippen molar-refractivity contribution >= 4 is 0 Å². The summed E-state index contributed by atoms with van der Waals surface area (Å²) in [6, 6.07) is 0.346. The molecule has 0 heterocycles. The molecule has 60 valence electrons. The van der Waals surface area contributed by atoms with Gasteiger partial charge in [-0.2, -0.15) is 0 Å². The Balaban J connectivity index is 3.11. The van der Waals surface area contributed by atoms with Gasteiger partial charge in [-0.3, -0.25) is 0 Å². The molecule has 0 aliphatic rings. The van der Waals surface area contributed by atoms with Gasteiger partial charge in [-0.05, 0) is 26.8 Å². The molecule has 0 bridgehead atoms. The second-order valence-electron chi connectivity index (χ2n) is 2.62. The van der Waals surface area contributed by atoms with Crippen molar-refractivity contribution in [2.24, 2.45) is 0 Å². The topological polar surface area (TPSA) is 32.3 Å². The fraction of sp³-hybridized carbons (Fsp3) is 0.750. The first-order valence-electron chi connectivity index (χ1n) is 3.70. The summed E-state index contributed by atoms with van der Waals surface area (Å²) in [4.78, 5) is 0. The monoisotopic (exact) mass is 143 g/mol. The molecule has 0 fully saturated rings. The van der Waals surface area contributed by atoms with Gasteiger partial charge >= 0.3 is 0 Å². The van der Waals surface area contributed by atoms with Crippen molar-refractivity contribution in [2.75, 3.05) is 6.54 Å². The Morgan fingerprint density at radius 1 is 1.60 bits per heavy atom. The summed E-state index contributed by atoms with van der Waals surface area (Å²) >= 11 is 0. The maximum Gasteiger partial charge on any atom is 0.0524 e. The SMILES string of the molecule is C=CC(C)NCCC(C)O.